The highest BCUT2D eigenvalue weighted by molar-refractivity contribution is 6.30. The number of carbonyl (C=O) groups is 1. The van der Waals surface area contributed by atoms with E-state index in [0.717, 1.165) is 25.0 Å². The second kappa shape index (κ2) is 6.55. The van der Waals surface area contributed by atoms with Gasteiger partial charge in [0.2, 0.25) is 11.8 Å². The van der Waals surface area contributed by atoms with Gasteiger partial charge in [0.1, 0.15) is 6.04 Å². The summed E-state index contributed by atoms with van der Waals surface area (Å²) in [6, 6.07) is 7.04. The average molecular weight is 377 g/mol. The van der Waals surface area contributed by atoms with Crippen molar-refractivity contribution < 1.29 is 13.9 Å². The minimum absolute atomic E-state index is 0.0103. The quantitative estimate of drug-likeness (QED) is 0.883. The predicted molar refractivity (Wildman–Crippen MR) is 96.9 cm³/mol. The summed E-state index contributed by atoms with van der Waals surface area (Å²) in [5.74, 6) is 0.385. The third-order valence-corrected chi connectivity index (χ3v) is 5.39. The number of halogens is 1. The molecule has 138 valence electrons. The van der Waals surface area contributed by atoms with E-state index in [4.69, 9.17) is 20.8 Å². The van der Waals surface area contributed by atoms with Crippen molar-refractivity contribution in [3.05, 3.63) is 29.3 Å². The van der Waals surface area contributed by atoms with Crippen LogP contribution in [-0.4, -0.2) is 51.8 Å². The summed E-state index contributed by atoms with van der Waals surface area (Å²) in [7, 11) is 0. The standard InChI is InChI=1S/C18H21ClN4O3/c1-11-9-18(7-8-25-18)10-23(11)16(24)12(2)20-17-22-21-15(26-17)13-3-5-14(19)6-4-13/h3-6,11-12H,7-10H2,1-2H3,(H,20,22)/t11-,12+,18-/m0/s1. The maximum absolute atomic E-state index is 12.8. The zero-order valence-electron chi connectivity index (χ0n) is 14.7. The minimum Gasteiger partial charge on any atom is -0.403 e. The van der Waals surface area contributed by atoms with Crippen LogP contribution in [0.4, 0.5) is 6.01 Å². The molecular formula is C18H21ClN4O3. The Hall–Kier alpha value is -2.12. The summed E-state index contributed by atoms with van der Waals surface area (Å²) in [6.45, 7) is 5.30. The van der Waals surface area contributed by atoms with Crippen LogP contribution in [-0.2, 0) is 9.53 Å². The number of rotatable bonds is 4. The zero-order chi connectivity index (χ0) is 18.3. The first-order valence-corrected chi connectivity index (χ1v) is 9.14. The Kier molecular flexibility index (Phi) is 4.36. The van der Waals surface area contributed by atoms with Gasteiger partial charge < -0.3 is 19.4 Å². The molecule has 0 saturated carbocycles. The van der Waals surface area contributed by atoms with Crippen LogP contribution >= 0.6 is 11.6 Å². The molecule has 1 amide bonds. The number of carbonyl (C=O) groups excluding carboxylic acids is 1. The van der Waals surface area contributed by atoms with E-state index >= 15 is 0 Å². The van der Waals surface area contributed by atoms with E-state index in [1.54, 1.807) is 31.2 Å². The van der Waals surface area contributed by atoms with Crippen molar-refractivity contribution in [2.24, 2.45) is 0 Å². The summed E-state index contributed by atoms with van der Waals surface area (Å²) >= 11 is 5.89. The Morgan fingerprint density at radius 2 is 2.12 bits per heavy atom. The minimum atomic E-state index is -0.466. The van der Waals surface area contributed by atoms with Gasteiger partial charge in [0, 0.05) is 23.0 Å². The maximum Gasteiger partial charge on any atom is 0.316 e. The fourth-order valence-corrected chi connectivity index (χ4v) is 3.76. The summed E-state index contributed by atoms with van der Waals surface area (Å²) < 4.78 is 11.3. The summed E-state index contributed by atoms with van der Waals surface area (Å²) in [4.78, 5) is 14.7. The van der Waals surface area contributed by atoms with Gasteiger partial charge in [-0.15, -0.1) is 5.10 Å². The summed E-state index contributed by atoms with van der Waals surface area (Å²) in [6.07, 6.45) is 1.92. The molecular weight excluding hydrogens is 356 g/mol. The van der Waals surface area contributed by atoms with Gasteiger partial charge >= 0.3 is 6.01 Å². The first-order chi connectivity index (χ1) is 12.5. The number of aromatic nitrogens is 2. The van der Waals surface area contributed by atoms with Gasteiger partial charge in [0.25, 0.3) is 0 Å². The van der Waals surface area contributed by atoms with Gasteiger partial charge in [0.05, 0.1) is 18.8 Å². The molecule has 3 atom stereocenters. The highest BCUT2D eigenvalue weighted by Crippen LogP contribution is 2.39. The van der Waals surface area contributed by atoms with Gasteiger partial charge in [0.15, 0.2) is 0 Å². The molecule has 0 bridgehead atoms. The SMILES string of the molecule is C[C@@H](Nc1nnc(-c2ccc(Cl)cc2)o1)C(=O)N1C[C@]2(CCO2)C[C@@H]1C. The van der Waals surface area contributed by atoms with Crippen molar-refractivity contribution in [3.63, 3.8) is 0 Å². The number of benzene rings is 1. The van der Waals surface area contributed by atoms with Crippen molar-refractivity contribution in [2.75, 3.05) is 18.5 Å². The van der Waals surface area contributed by atoms with Gasteiger partial charge in [-0.25, -0.2) is 0 Å². The fraction of sp³-hybridized carbons (Fsp3) is 0.500. The molecule has 1 spiro atoms. The molecule has 0 radical (unpaired) electrons. The lowest BCUT2D eigenvalue weighted by molar-refractivity contribution is -0.146. The molecule has 26 heavy (non-hydrogen) atoms. The number of nitrogens with zero attached hydrogens (tertiary/aromatic N) is 3. The third-order valence-electron chi connectivity index (χ3n) is 5.13. The molecule has 1 aromatic carbocycles. The molecule has 2 aliphatic rings. The smallest absolute Gasteiger partial charge is 0.316 e. The molecule has 1 aromatic heterocycles. The fourth-order valence-electron chi connectivity index (χ4n) is 3.64. The molecule has 7 nitrogen and oxygen atoms in total. The molecule has 4 rings (SSSR count). The van der Waals surface area contributed by atoms with E-state index in [-0.39, 0.29) is 23.6 Å². The molecule has 0 aliphatic carbocycles. The lowest BCUT2D eigenvalue weighted by Gasteiger charge is -2.38. The van der Waals surface area contributed by atoms with Gasteiger partial charge in [-0.3, -0.25) is 4.79 Å². The van der Waals surface area contributed by atoms with Gasteiger partial charge in [-0.2, -0.15) is 0 Å². The lowest BCUT2D eigenvalue weighted by atomic mass is 9.92. The molecule has 8 heteroatoms. The summed E-state index contributed by atoms with van der Waals surface area (Å²) in [5, 5.41) is 11.6. The number of nitrogens with one attached hydrogen (secondary N) is 1. The Balaban J connectivity index is 1.41. The second-order valence-corrected chi connectivity index (χ2v) is 7.52. The predicted octanol–water partition coefficient (Wildman–Crippen LogP) is 2.97. The van der Waals surface area contributed by atoms with Crippen molar-refractivity contribution in [3.8, 4) is 11.5 Å². The number of amides is 1. The van der Waals surface area contributed by atoms with Crippen LogP contribution < -0.4 is 5.32 Å². The van der Waals surface area contributed by atoms with Crippen LogP contribution in [0.3, 0.4) is 0 Å². The Bertz CT molecular complexity index is 803. The zero-order valence-corrected chi connectivity index (χ0v) is 15.5. The van der Waals surface area contributed by atoms with E-state index in [9.17, 15) is 4.79 Å². The van der Waals surface area contributed by atoms with E-state index in [0.29, 0.717) is 17.5 Å². The highest BCUT2D eigenvalue weighted by atomic mass is 35.5. The highest BCUT2D eigenvalue weighted by Gasteiger charge is 2.49. The molecule has 0 unspecified atom stereocenters. The van der Waals surface area contributed by atoms with Crippen molar-refractivity contribution >= 4 is 23.5 Å². The first kappa shape index (κ1) is 17.3. The van der Waals surface area contributed by atoms with Crippen molar-refractivity contribution in [2.45, 2.75) is 44.4 Å². The van der Waals surface area contributed by atoms with Crippen LogP contribution in [0, 0.1) is 0 Å². The molecule has 2 aromatic rings. The number of hydrogen-bond donors (Lipinski definition) is 1. The van der Waals surface area contributed by atoms with Crippen LogP contribution in [0.25, 0.3) is 11.5 Å². The summed E-state index contributed by atoms with van der Waals surface area (Å²) in [5.41, 5.74) is 0.646. The Morgan fingerprint density at radius 1 is 1.38 bits per heavy atom. The molecule has 3 heterocycles. The number of likely N-dealkylation sites (tertiary alicyclic amines) is 1. The average Bonchev–Trinajstić information content (AvgIpc) is 3.19. The van der Waals surface area contributed by atoms with Crippen LogP contribution in [0.2, 0.25) is 5.02 Å². The van der Waals surface area contributed by atoms with Gasteiger partial charge in [-0.05, 0) is 44.5 Å². The number of anilines is 1. The lowest BCUT2D eigenvalue weighted by Crippen LogP contribution is -2.48. The monoisotopic (exact) mass is 376 g/mol. The van der Waals surface area contributed by atoms with Crippen molar-refractivity contribution in [1.29, 1.82) is 0 Å². The van der Waals surface area contributed by atoms with Crippen molar-refractivity contribution in [1.82, 2.24) is 15.1 Å². The van der Waals surface area contributed by atoms with Crippen LogP contribution in [0.5, 0.6) is 0 Å². The van der Waals surface area contributed by atoms with Crippen LogP contribution in [0.1, 0.15) is 26.7 Å². The molecule has 2 saturated heterocycles. The van der Waals surface area contributed by atoms with E-state index in [1.165, 1.54) is 0 Å². The second-order valence-electron chi connectivity index (χ2n) is 7.09. The van der Waals surface area contributed by atoms with E-state index in [1.807, 2.05) is 4.90 Å². The van der Waals surface area contributed by atoms with E-state index < -0.39 is 6.04 Å². The third kappa shape index (κ3) is 3.17. The molecule has 2 fully saturated rings. The Morgan fingerprint density at radius 3 is 2.73 bits per heavy atom. The molecule has 2 aliphatic heterocycles. The Labute approximate surface area is 156 Å². The number of hydrogen-bond acceptors (Lipinski definition) is 6. The largest absolute Gasteiger partial charge is 0.403 e. The first-order valence-electron chi connectivity index (χ1n) is 8.76. The normalized spacial score (nSPS) is 26.0. The molecule has 1 N–H and O–H groups in total. The van der Waals surface area contributed by atoms with Crippen LogP contribution in [0.15, 0.2) is 28.7 Å². The maximum atomic E-state index is 12.8. The topological polar surface area (TPSA) is 80.5 Å². The number of ether oxygens (including phenoxy) is 1. The van der Waals surface area contributed by atoms with E-state index in [2.05, 4.69) is 22.4 Å². The van der Waals surface area contributed by atoms with Gasteiger partial charge in [-0.1, -0.05) is 16.7 Å².